The van der Waals surface area contributed by atoms with E-state index in [0.717, 1.165) is 4.57 Å². The van der Waals surface area contributed by atoms with Crippen molar-refractivity contribution in [3.63, 3.8) is 0 Å². The maximum atomic E-state index is 11.7. The molecule has 8 nitrogen and oxygen atoms in total. The maximum Gasteiger partial charge on any atom is 0.328 e. The van der Waals surface area contributed by atoms with Gasteiger partial charge in [0.1, 0.15) is 6.54 Å². The molecule has 0 aliphatic carbocycles. The van der Waals surface area contributed by atoms with Crippen molar-refractivity contribution in [3.05, 3.63) is 43.8 Å². The van der Waals surface area contributed by atoms with Gasteiger partial charge in [-0.15, -0.1) is 0 Å². The smallest absolute Gasteiger partial charge is 0.308 e. The lowest BCUT2D eigenvalue weighted by Gasteiger charge is -2.05. The monoisotopic (exact) mass is 327 g/mol. The van der Waals surface area contributed by atoms with Crippen LogP contribution in [0.5, 0.6) is 0 Å². The lowest BCUT2D eigenvalue weighted by molar-refractivity contribution is -0.116. The van der Waals surface area contributed by atoms with Gasteiger partial charge < -0.3 is 5.32 Å². The van der Waals surface area contributed by atoms with E-state index in [9.17, 15) is 14.4 Å². The number of nitrogens with zero attached hydrogens (tertiary/aromatic N) is 3. The lowest BCUT2D eigenvalue weighted by atomic mass is 10.5. The molecule has 1 amide bonds. The Kier molecular flexibility index (Phi) is 3.65. The van der Waals surface area contributed by atoms with Crippen LogP contribution in [-0.4, -0.2) is 25.2 Å². The molecule has 0 bridgehead atoms. The third kappa shape index (κ3) is 3.19. The van der Waals surface area contributed by atoms with Crippen LogP contribution in [0.2, 0.25) is 0 Å². The quantitative estimate of drug-likeness (QED) is 0.805. The number of rotatable bonds is 3. The van der Waals surface area contributed by atoms with E-state index in [1.807, 2.05) is 0 Å². The molecule has 0 saturated heterocycles. The van der Waals surface area contributed by atoms with Crippen LogP contribution in [0.25, 0.3) is 0 Å². The van der Waals surface area contributed by atoms with Gasteiger partial charge in [-0.05, 0) is 15.9 Å². The predicted octanol–water partition coefficient (Wildman–Crippen LogP) is -0.329. The Hall–Kier alpha value is -2.16. The number of carbonyl (C=O) groups excluding carboxylic acids is 1. The minimum atomic E-state index is -0.649. The minimum absolute atomic E-state index is 0.178. The Balaban J connectivity index is 2.13. The molecule has 0 saturated carbocycles. The Bertz CT molecular complexity index is 729. The molecule has 2 aromatic heterocycles. The largest absolute Gasteiger partial charge is 0.328 e. The number of aryl methyl sites for hydroxylation is 1. The predicted molar refractivity (Wildman–Crippen MR) is 70.9 cm³/mol. The zero-order chi connectivity index (χ0) is 14.0. The van der Waals surface area contributed by atoms with Crippen molar-refractivity contribution in [2.24, 2.45) is 7.05 Å². The van der Waals surface area contributed by atoms with Crippen molar-refractivity contribution < 1.29 is 4.79 Å². The van der Waals surface area contributed by atoms with E-state index in [1.54, 1.807) is 24.0 Å². The van der Waals surface area contributed by atoms with Gasteiger partial charge in [-0.2, -0.15) is 5.10 Å². The summed E-state index contributed by atoms with van der Waals surface area (Å²) in [5.41, 5.74) is -1.18. The zero-order valence-corrected chi connectivity index (χ0v) is 11.5. The number of aromatic nitrogens is 4. The first-order valence-corrected chi connectivity index (χ1v) is 6.04. The Morgan fingerprint density at radius 2 is 2.26 bits per heavy atom. The zero-order valence-electron chi connectivity index (χ0n) is 9.88. The van der Waals surface area contributed by atoms with Crippen LogP contribution in [-0.2, 0) is 18.4 Å². The number of aromatic amines is 1. The van der Waals surface area contributed by atoms with Gasteiger partial charge in [0.2, 0.25) is 5.91 Å². The fourth-order valence-corrected chi connectivity index (χ4v) is 1.77. The molecule has 0 aliphatic rings. The summed E-state index contributed by atoms with van der Waals surface area (Å²) < 4.78 is 2.81. The lowest BCUT2D eigenvalue weighted by Crippen LogP contribution is -2.33. The first kappa shape index (κ1) is 13.3. The fraction of sp³-hybridized carbons (Fsp3) is 0.200. The molecule has 2 N–H and O–H groups in total. The van der Waals surface area contributed by atoms with Crippen LogP contribution >= 0.6 is 15.9 Å². The van der Waals surface area contributed by atoms with E-state index < -0.39 is 17.2 Å². The van der Waals surface area contributed by atoms with E-state index in [2.05, 4.69) is 31.3 Å². The van der Waals surface area contributed by atoms with Gasteiger partial charge >= 0.3 is 5.69 Å². The number of nitrogens with one attached hydrogen (secondary N) is 2. The van der Waals surface area contributed by atoms with Crippen LogP contribution in [0.15, 0.2) is 32.5 Å². The second-order valence-electron chi connectivity index (χ2n) is 3.79. The normalized spacial score (nSPS) is 10.4. The Labute approximate surface area is 115 Å². The van der Waals surface area contributed by atoms with E-state index in [0.29, 0.717) is 5.82 Å². The van der Waals surface area contributed by atoms with Crippen molar-refractivity contribution in [1.29, 1.82) is 0 Å². The van der Waals surface area contributed by atoms with Gasteiger partial charge in [-0.3, -0.25) is 23.8 Å². The standard InChI is InChI=1S/C10H10BrN5O3/c1-15-3-2-7(14-15)12-8(17)5-16-4-6(11)9(18)13-10(16)19/h2-4H,5H2,1H3,(H,12,14,17)(H,13,18,19). The first-order valence-electron chi connectivity index (χ1n) is 5.24. The van der Waals surface area contributed by atoms with Crippen molar-refractivity contribution in [2.45, 2.75) is 6.54 Å². The summed E-state index contributed by atoms with van der Waals surface area (Å²) in [7, 11) is 1.72. The minimum Gasteiger partial charge on any atom is -0.308 e. The molecular weight excluding hydrogens is 318 g/mol. The summed E-state index contributed by atoms with van der Waals surface area (Å²) in [6, 6.07) is 1.63. The van der Waals surface area contributed by atoms with Gasteiger partial charge in [-0.1, -0.05) is 0 Å². The highest BCUT2D eigenvalue weighted by Crippen LogP contribution is 2.02. The topological polar surface area (TPSA) is 102 Å². The van der Waals surface area contributed by atoms with Crippen molar-refractivity contribution in [3.8, 4) is 0 Å². The molecule has 0 atom stereocenters. The van der Waals surface area contributed by atoms with Crippen LogP contribution < -0.4 is 16.6 Å². The third-order valence-corrected chi connectivity index (χ3v) is 2.83. The molecule has 2 aromatic rings. The molecule has 0 spiro atoms. The average molecular weight is 328 g/mol. The van der Waals surface area contributed by atoms with E-state index in [-0.39, 0.29) is 11.0 Å². The number of halogens is 1. The molecule has 0 fully saturated rings. The second-order valence-corrected chi connectivity index (χ2v) is 4.64. The van der Waals surface area contributed by atoms with Crippen LogP contribution in [0.3, 0.4) is 0 Å². The van der Waals surface area contributed by atoms with Crippen LogP contribution in [0.4, 0.5) is 5.82 Å². The third-order valence-electron chi connectivity index (χ3n) is 2.26. The molecule has 0 unspecified atom stereocenters. The Morgan fingerprint density at radius 3 is 2.89 bits per heavy atom. The first-order chi connectivity index (χ1) is 8.95. The van der Waals surface area contributed by atoms with E-state index in [4.69, 9.17) is 0 Å². The molecule has 2 heterocycles. The number of hydrogen-bond acceptors (Lipinski definition) is 4. The number of H-pyrrole nitrogens is 1. The molecular formula is C10H10BrN5O3. The average Bonchev–Trinajstić information content (AvgIpc) is 2.71. The molecule has 9 heteroatoms. The SMILES string of the molecule is Cn1ccc(NC(=O)Cn2cc(Br)c(=O)[nH]c2=O)n1. The number of anilines is 1. The van der Waals surface area contributed by atoms with Gasteiger partial charge in [0.05, 0.1) is 4.47 Å². The van der Waals surface area contributed by atoms with Gasteiger partial charge in [0, 0.05) is 25.5 Å². The molecule has 0 aliphatic heterocycles. The molecule has 19 heavy (non-hydrogen) atoms. The second kappa shape index (κ2) is 5.22. The van der Waals surface area contributed by atoms with Crippen LogP contribution in [0, 0.1) is 0 Å². The highest BCUT2D eigenvalue weighted by atomic mass is 79.9. The van der Waals surface area contributed by atoms with Gasteiger partial charge in [0.25, 0.3) is 5.56 Å². The van der Waals surface area contributed by atoms with E-state index in [1.165, 1.54) is 6.20 Å². The summed E-state index contributed by atoms with van der Waals surface area (Å²) in [6.07, 6.45) is 2.94. The van der Waals surface area contributed by atoms with Crippen molar-refractivity contribution >= 4 is 27.7 Å². The summed E-state index contributed by atoms with van der Waals surface area (Å²) in [4.78, 5) is 36.4. The summed E-state index contributed by atoms with van der Waals surface area (Å²) in [5, 5.41) is 6.51. The maximum absolute atomic E-state index is 11.7. The number of carbonyl (C=O) groups is 1. The van der Waals surface area contributed by atoms with Crippen molar-refractivity contribution in [2.75, 3.05) is 5.32 Å². The summed E-state index contributed by atoms with van der Waals surface area (Å²) >= 11 is 2.99. The highest BCUT2D eigenvalue weighted by molar-refractivity contribution is 9.10. The summed E-state index contributed by atoms with van der Waals surface area (Å²) in [6.45, 7) is -0.217. The van der Waals surface area contributed by atoms with Crippen molar-refractivity contribution in [1.82, 2.24) is 19.3 Å². The number of amides is 1. The fourth-order valence-electron chi connectivity index (χ4n) is 1.42. The Morgan fingerprint density at radius 1 is 1.53 bits per heavy atom. The van der Waals surface area contributed by atoms with E-state index >= 15 is 0 Å². The number of hydrogen-bond donors (Lipinski definition) is 2. The molecule has 100 valence electrons. The molecule has 0 radical (unpaired) electrons. The highest BCUT2D eigenvalue weighted by Gasteiger charge is 2.08. The van der Waals surface area contributed by atoms with Gasteiger partial charge in [-0.25, -0.2) is 4.79 Å². The van der Waals surface area contributed by atoms with Crippen LogP contribution in [0.1, 0.15) is 0 Å². The molecule has 0 aromatic carbocycles. The van der Waals surface area contributed by atoms with Gasteiger partial charge in [0.15, 0.2) is 5.82 Å². The molecule has 2 rings (SSSR count). The summed E-state index contributed by atoms with van der Waals surface area (Å²) in [5.74, 6) is -0.0243.